The molecule has 0 spiro atoms. The second-order valence-corrected chi connectivity index (χ2v) is 5.62. The largest absolute Gasteiger partial charge is 0.480 e. The summed E-state index contributed by atoms with van der Waals surface area (Å²) >= 11 is 3.30. The van der Waals surface area contributed by atoms with Crippen molar-refractivity contribution < 1.29 is 14.7 Å². The molecule has 0 bridgehead atoms. The van der Waals surface area contributed by atoms with Gasteiger partial charge in [0.15, 0.2) is 0 Å². The van der Waals surface area contributed by atoms with Crippen LogP contribution in [-0.2, 0) is 4.79 Å². The summed E-state index contributed by atoms with van der Waals surface area (Å²) in [4.78, 5) is 24.6. The second kappa shape index (κ2) is 5.61. The summed E-state index contributed by atoms with van der Waals surface area (Å²) in [5, 5.41) is 8.91. The number of halogens is 1. The summed E-state index contributed by atoms with van der Waals surface area (Å²) in [6, 6.07) is 4.94. The number of nitrogens with two attached hydrogens (primary N) is 1. The molecule has 0 atom stereocenters. The normalized spacial score (nSPS) is 14.2. The maximum absolute atomic E-state index is 12.4. The van der Waals surface area contributed by atoms with E-state index in [4.69, 9.17) is 10.8 Å². The van der Waals surface area contributed by atoms with E-state index in [1.807, 2.05) is 0 Å². The van der Waals surface area contributed by atoms with Gasteiger partial charge in [0.1, 0.15) is 6.54 Å². The number of hydrogen-bond donors (Lipinski definition) is 2. The van der Waals surface area contributed by atoms with Crippen molar-refractivity contribution in [2.24, 2.45) is 5.92 Å². The molecule has 1 aromatic carbocycles. The molecule has 5 nitrogen and oxygen atoms in total. The maximum atomic E-state index is 12.4. The Morgan fingerprint density at radius 2 is 2.11 bits per heavy atom. The minimum Gasteiger partial charge on any atom is -0.480 e. The number of carbonyl (C=O) groups excluding carboxylic acids is 1. The van der Waals surface area contributed by atoms with E-state index in [2.05, 4.69) is 15.9 Å². The lowest BCUT2D eigenvalue weighted by Gasteiger charge is -2.21. The average molecular weight is 327 g/mol. The van der Waals surface area contributed by atoms with Gasteiger partial charge in [-0.05, 0) is 52.9 Å². The Labute approximate surface area is 119 Å². The van der Waals surface area contributed by atoms with Crippen LogP contribution in [0.5, 0.6) is 0 Å². The van der Waals surface area contributed by atoms with Gasteiger partial charge in [-0.2, -0.15) is 0 Å². The Kier molecular flexibility index (Phi) is 4.09. The van der Waals surface area contributed by atoms with Crippen LogP contribution in [0.2, 0.25) is 0 Å². The van der Waals surface area contributed by atoms with E-state index in [9.17, 15) is 9.59 Å². The molecule has 1 amide bonds. The molecule has 0 saturated heterocycles. The van der Waals surface area contributed by atoms with Gasteiger partial charge in [0.05, 0.1) is 5.56 Å². The van der Waals surface area contributed by atoms with Crippen molar-refractivity contribution in [1.29, 1.82) is 0 Å². The van der Waals surface area contributed by atoms with E-state index in [0.717, 1.165) is 12.8 Å². The Balaban J connectivity index is 2.21. The van der Waals surface area contributed by atoms with E-state index in [1.54, 1.807) is 18.2 Å². The van der Waals surface area contributed by atoms with Gasteiger partial charge in [-0.3, -0.25) is 9.59 Å². The third-order valence-electron chi connectivity index (χ3n) is 3.01. The molecule has 19 heavy (non-hydrogen) atoms. The molecule has 0 aromatic heterocycles. The van der Waals surface area contributed by atoms with Crippen LogP contribution < -0.4 is 5.73 Å². The number of carboxylic acid groups (broad SMARTS) is 1. The lowest BCUT2D eigenvalue weighted by Crippen LogP contribution is -2.37. The summed E-state index contributed by atoms with van der Waals surface area (Å²) in [5.41, 5.74) is 6.56. The molecule has 0 radical (unpaired) electrons. The monoisotopic (exact) mass is 326 g/mol. The van der Waals surface area contributed by atoms with Crippen LogP contribution in [0.3, 0.4) is 0 Å². The van der Waals surface area contributed by atoms with Crippen LogP contribution >= 0.6 is 15.9 Å². The summed E-state index contributed by atoms with van der Waals surface area (Å²) < 4.78 is 0.623. The summed E-state index contributed by atoms with van der Waals surface area (Å²) in [7, 11) is 0. The minimum absolute atomic E-state index is 0.281. The number of nitrogen functional groups attached to an aromatic ring is 1. The van der Waals surface area contributed by atoms with E-state index in [-0.39, 0.29) is 12.5 Å². The molecule has 1 aromatic rings. The molecule has 1 saturated carbocycles. The fraction of sp³-hybridized carbons (Fsp3) is 0.385. The quantitative estimate of drug-likeness (QED) is 0.810. The fourth-order valence-electron chi connectivity index (χ4n) is 1.87. The van der Waals surface area contributed by atoms with Gasteiger partial charge >= 0.3 is 5.97 Å². The molecule has 6 heteroatoms. The van der Waals surface area contributed by atoms with Gasteiger partial charge in [0, 0.05) is 16.7 Å². The Morgan fingerprint density at radius 3 is 2.68 bits per heavy atom. The van der Waals surface area contributed by atoms with Crippen molar-refractivity contribution >= 4 is 33.5 Å². The fourth-order valence-corrected chi connectivity index (χ4v) is 2.29. The second-order valence-electron chi connectivity index (χ2n) is 4.76. The number of amides is 1. The third kappa shape index (κ3) is 3.70. The van der Waals surface area contributed by atoms with E-state index in [1.165, 1.54) is 4.90 Å². The molecular weight excluding hydrogens is 312 g/mol. The number of carboxylic acids is 1. The van der Waals surface area contributed by atoms with Crippen molar-refractivity contribution in [3.63, 3.8) is 0 Å². The van der Waals surface area contributed by atoms with Gasteiger partial charge < -0.3 is 15.7 Å². The number of aliphatic carboxylic acids is 1. The van der Waals surface area contributed by atoms with Crippen molar-refractivity contribution in [3.05, 3.63) is 28.2 Å². The molecule has 102 valence electrons. The van der Waals surface area contributed by atoms with Gasteiger partial charge in [-0.1, -0.05) is 0 Å². The first-order chi connectivity index (χ1) is 8.97. The lowest BCUT2D eigenvalue weighted by molar-refractivity contribution is -0.137. The van der Waals surface area contributed by atoms with Crippen LogP contribution in [0, 0.1) is 5.92 Å². The molecule has 0 heterocycles. The third-order valence-corrected chi connectivity index (χ3v) is 3.70. The standard InChI is InChI=1S/C13H15BrN2O3/c14-11-4-3-9(15)5-10(11)13(19)16(7-12(17)18)6-8-1-2-8/h3-5,8H,1-2,6-7,15H2,(H,17,18). The highest BCUT2D eigenvalue weighted by molar-refractivity contribution is 9.10. The average Bonchev–Trinajstić information content (AvgIpc) is 3.14. The molecule has 0 unspecified atom stereocenters. The first-order valence-electron chi connectivity index (χ1n) is 6.03. The highest BCUT2D eigenvalue weighted by Gasteiger charge is 2.29. The molecule has 2 rings (SSSR count). The predicted octanol–water partition coefficient (Wildman–Crippen LogP) is 1.97. The van der Waals surface area contributed by atoms with Crippen molar-refractivity contribution in [1.82, 2.24) is 4.90 Å². The smallest absolute Gasteiger partial charge is 0.323 e. The molecule has 1 aliphatic carbocycles. The molecule has 1 fully saturated rings. The highest BCUT2D eigenvalue weighted by Crippen LogP contribution is 2.30. The van der Waals surface area contributed by atoms with Crippen molar-refractivity contribution in [2.45, 2.75) is 12.8 Å². The van der Waals surface area contributed by atoms with E-state index in [0.29, 0.717) is 28.2 Å². The van der Waals surface area contributed by atoms with Crippen molar-refractivity contribution in [2.75, 3.05) is 18.8 Å². The summed E-state index contributed by atoms with van der Waals surface area (Å²) in [5.74, 6) is -0.870. The van der Waals surface area contributed by atoms with Crippen LogP contribution in [0.1, 0.15) is 23.2 Å². The SMILES string of the molecule is Nc1ccc(Br)c(C(=O)N(CC(=O)O)CC2CC2)c1. The van der Waals surface area contributed by atoms with Gasteiger partial charge in [0.2, 0.25) is 0 Å². The maximum Gasteiger partial charge on any atom is 0.323 e. The Bertz CT molecular complexity index is 515. The zero-order chi connectivity index (χ0) is 14.0. The van der Waals surface area contributed by atoms with Gasteiger partial charge in [0.25, 0.3) is 5.91 Å². The van der Waals surface area contributed by atoms with E-state index < -0.39 is 5.97 Å². The number of hydrogen-bond acceptors (Lipinski definition) is 3. The first-order valence-corrected chi connectivity index (χ1v) is 6.82. The summed E-state index contributed by atoms with van der Waals surface area (Å²) in [6.07, 6.45) is 2.11. The number of carbonyl (C=O) groups is 2. The minimum atomic E-state index is -1.01. The van der Waals surface area contributed by atoms with Crippen LogP contribution in [0.15, 0.2) is 22.7 Å². The Morgan fingerprint density at radius 1 is 1.42 bits per heavy atom. The number of nitrogens with zero attached hydrogens (tertiary/aromatic N) is 1. The topological polar surface area (TPSA) is 83.6 Å². The van der Waals surface area contributed by atoms with Crippen LogP contribution in [0.25, 0.3) is 0 Å². The van der Waals surface area contributed by atoms with E-state index >= 15 is 0 Å². The molecular formula is C13H15BrN2O3. The van der Waals surface area contributed by atoms with Crippen LogP contribution in [-0.4, -0.2) is 35.0 Å². The highest BCUT2D eigenvalue weighted by atomic mass is 79.9. The van der Waals surface area contributed by atoms with Gasteiger partial charge in [-0.25, -0.2) is 0 Å². The lowest BCUT2D eigenvalue weighted by atomic mass is 10.1. The number of anilines is 1. The molecule has 0 aliphatic heterocycles. The zero-order valence-electron chi connectivity index (χ0n) is 10.3. The Hall–Kier alpha value is -1.56. The summed E-state index contributed by atoms with van der Waals surface area (Å²) in [6.45, 7) is 0.211. The number of rotatable bonds is 5. The first kappa shape index (κ1) is 13.9. The number of benzene rings is 1. The predicted molar refractivity (Wildman–Crippen MR) is 74.8 cm³/mol. The van der Waals surface area contributed by atoms with Gasteiger partial charge in [-0.15, -0.1) is 0 Å². The zero-order valence-corrected chi connectivity index (χ0v) is 11.9. The molecule has 3 N–H and O–H groups in total. The van der Waals surface area contributed by atoms with Crippen molar-refractivity contribution in [3.8, 4) is 0 Å². The molecule has 1 aliphatic rings. The van der Waals surface area contributed by atoms with Crippen LogP contribution in [0.4, 0.5) is 5.69 Å².